The molecule has 4 rings (SSSR count). The minimum Gasteiger partial charge on any atom is -0.325 e. The van der Waals surface area contributed by atoms with E-state index in [9.17, 15) is 22.8 Å². The first kappa shape index (κ1) is 24.8. The molecule has 2 N–H and O–H groups in total. The number of rotatable bonds is 7. The Balaban J connectivity index is 1.38. The Labute approximate surface area is 204 Å². The number of benzene rings is 2. The number of carbonyl (C=O) groups is 3. The number of hydrogen-bond donors (Lipinski definition) is 2. The van der Waals surface area contributed by atoms with E-state index in [-0.39, 0.29) is 4.90 Å². The number of carbonyl (C=O) groups excluding carboxylic acids is 3. The molecule has 0 aromatic heterocycles. The fourth-order valence-corrected chi connectivity index (χ4v) is 5.72. The van der Waals surface area contributed by atoms with Gasteiger partial charge in [-0.05, 0) is 43.3 Å². The van der Waals surface area contributed by atoms with E-state index < -0.39 is 40.0 Å². The van der Waals surface area contributed by atoms with Crippen molar-refractivity contribution in [1.29, 1.82) is 0 Å². The van der Waals surface area contributed by atoms with E-state index in [1.54, 1.807) is 31.2 Å². The topological polar surface area (TPSA) is 119 Å². The summed E-state index contributed by atoms with van der Waals surface area (Å²) < 4.78 is 27.3. The molecule has 35 heavy (non-hydrogen) atoms. The number of piperazine rings is 1. The van der Waals surface area contributed by atoms with Crippen LogP contribution in [0, 0.1) is 0 Å². The number of hydrogen-bond acceptors (Lipinski definition) is 6. The largest absolute Gasteiger partial charge is 0.325 e. The minimum atomic E-state index is -3.62. The summed E-state index contributed by atoms with van der Waals surface area (Å²) in [6.07, 6.45) is 0. The highest BCUT2D eigenvalue weighted by Crippen LogP contribution is 2.28. The molecule has 0 spiro atoms. The van der Waals surface area contributed by atoms with E-state index in [2.05, 4.69) is 15.5 Å². The van der Waals surface area contributed by atoms with Gasteiger partial charge in [-0.2, -0.15) is 4.31 Å². The third-order valence-electron chi connectivity index (χ3n) is 6.48. The Hall–Kier alpha value is -3.28. The standard InChI is InChI=1S/C24H29N5O5S/c1-3-27-13-15-28(16-14-27)35(33,34)20-11-9-19(10-12-20)25-21(30)17-29-22(31)24(2,26-23(29)32)18-7-5-4-6-8-18/h4-12H,3,13-17H2,1-2H3,(H,25,30)(H,26,32). The second-order valence-electron chi connectivity index (χ2n) is 8.72. The van der Waals surface area contributed by atoms with Crippen LogP contribution in [-0.4, -0.2) is 79.6 Å². The van der Waals surface area contributed by atoms with E-state index in [0.717, 1.165) is 11.4 Å². The van der Waals surface area contributed by atoms with Gasteiger partial charge in [-0.15, -0.1) is 0 Å². The van der Waals surface area contributed by atoms with Crippen LogP contribution in [0.5, 0.6) is 0 Å². The highest BCUT2D eigenvalue weighted by Gasteiger charge is 2.49. The van der Waals surface area contributed by atoms with Gasteiger partial charge in [0.2, 0.25) is 15.9 Å². The Kier molecular flexibility index (Phi) is 6.93. The summed E-state index contributed by atoms with van der Waals surface area (Å²) in [7, 11) is -3.62. The summed E-state index contributed by atoms with van der Waals surface area (Å²) in [5.74, 6) is -1.09. The van der Waals surface area contributed by atoms with Crippen molar-refractivity contribution >= 4 is 33.6 Å². The van der Waals surface area contributed by atoms with Gasteiger partial charge in [-0.1, -0.05) is 37.3 Å². The van der Waals surface area contributed by atoms with Crippen LogP contribution < -0.4 is 10.6 Å². The molecule has 0 aliphatic carbocycles. The van der Waals surface area contributed by atoms with Crippen LogP contribution in [0.2, 0.25) is 0 Å². The van der Waals surface area contributed by atoms with Crippen LogP contribution in [0.4, 0.5) is 10.5 Å². The zero-order valence-electron chi connectivity index (χ0n) is 19.7. The Morgan fingerprint density at radius 3 is 2.23 bits per heavy atom. The summed E-state index contributed by atoms with van der Waals surface area (Å²) in [4.78, 5) is 41.2. The molecular weight excluding hydrogens is 470 g/mol. The van der Waals surface area contributed by atoms with Crippen LogP contribution in [0.3, 0.4) is 0 Å². The first-order valence-corrected chi connectivity index (χ1v) is 12.9. The quantitative estimate of drug-likeness (QED) is 0.556. The number of sulfonamides is 1. The van der Waals surface area contributed by atoms with Gasteiger partial charge in [-0.25, -0.2) is 13.2 Å². The molecule has 2 aliphatic heterocycles. The van der Waals surface area contributed by atoms with Crippen molar-refractivity contribution < 1.29 is 22.8 Å². The van der Waals surface area contributed by atoms with Gasteiger partial charge in [0.05, 0.1) is 4.90 Å². The molecule has 2 saturated heterocycles. The molecule has 2 aromatic carbocycles. The molecule has 1 atom stereocenters. The van der Waals surface area contributed by atoms with Crippen LogP contribution in [0.15, 0.2) is 59.5 Å². The minimum absolute atomic E-state index is 0.146. The molecular formula is C24H29N5O5S. The van der Waals surface area contributed by atoms with E-state index in [1.807, 2.05) is 13.0 Å². The van der Waals surface area contributed by atoms with Crippen molar-refractivity contribution in [3.63, 3.8) is 0 Å². The van der Waals surface area contributed by atoms with Gasteiger partial charge in [-0.3, -0.25) is 14.5 Å². The van der Waals surface area contributed by atoms with Crippen LogP contribution in [0.1, 0.15) is 19.4 Å². The molecule has 2 fully saturated rings. The third-order valence-corrected chi connectivity index (χ3v) is 8.40. The van der Waals surface area contributed by atoms with Crippen LogP contribution in [-0.2, 0) is 25.2 Å². The molecule has 2 aromatic rings. The maximum Gasteiger partial charge on any atom is 0.325 e. The van der Waals surface area contributed by atoms with Crippen molar-refractivity contribution in [3.05, 3.63) is 60.2 Å². The number of urea groups is 1. The summed E-state index contributed by atoms with van der Waals surface area (Å²) in [5.41, 5.74) is -0.270. The second-order valence-corrected chi connectivity index (χ2v) is 10.7. The highest BCUT2D eigenvalue weighted by molar-refractivity contribution is 7.89. The van der Waals surface area contributed by atoms with E-state index in [0.29, 0.717) is 37.4 Å². The summed E-state index contributed by atoms with van der Waals surface area (Å²) >= 11 is 0. The van der Waals surface area contributed by atoms with E-state index in [1.165, 1.54) is 28.6 Å². The van der Waals surface area contributed by atoms with Gasteiger partial charge in [0.1, 0.15) is 12.1 Å². The molecule has 186 valence electrons. The van der Waals surface area contributed by atoms with Crippen molar-refractivity contribution in [2.75, 3.05) is 44.6 Å². The smallest absolute Gasteiger partial charge is 0.325 e. The number of anilines is 1. The lowest BCUT2D eigenvalue weighted by molar-refractivity contribution is -0.133. The maximum atomic E-state index is 13.0. The Morgan fingerprint density at radius 2 is 1.63 bits per heavy atom. The van der Waals surface area contributed by atoms with Gasteiger partial charge in [0.25, 0.3) is 5.91 Å². The second kappa shape index (κ2) is 9.76. The monoisotopic (exact) mass is 499 g/mol. The lowest BCUT2D eigenvalue weighted by Crippen LogP contribution is -2.48. The molecule has 2 heterocycles. The number of nitrogens with one attached hydrogen (secondary N) is 2. The number of imide groups is 1. The first-order chi connectivity index (χ1) is 16.6. The molecule has 4 amide bonds. The third kappa shape index (κ3) is 4.93. The lowest BCUT2D eigenvalue weighted by atomic mass is 9.92. The predicted molar refractivity (Wildman–Crippen MR) is 130 cm³/mol. The molecule has 2 aliphatic rings. The zero-order chi connectivity index (χ0) is 25.2. The Morgan fingerprint density at radius 1 is 1.00 bits per heavy atom. The fourth-order valence-electron chi connectivity index (χ4n) is 4.30. The fraction of sp³-hybridized carbons (Fsp3) is 0.375. The number of likely N-dealkylation sites (N-methyl/N-ethyl adjacent to an activating group) is 1. The van der Waals surface area contributed by atoms with Crippen molar-refractivity contribution in [2.24, 2.45) is 0 Å². The predicted octanol–water partition coefficient (Wildman–Crippen LogP) is 1.42. The summed E-state index contributed by atoms with van der Waals surface area (Å²) in [6, 6.07) is 14.0. The summed E-state index contributed by atoms with van der Waals surface area (Å²) in [5, 5.41) is 5.28. The van der Waals surface area contributed by atoms with Gasteiger partial charge >= 0.3 is 6.03 Å². The zero-order valence-corrected chi connectivity index (χ0v) is 20.5. The summed E-state index contributed by atoms with van der Waals surface area (Å²) in [6.45, 7) is 6.32. The van der Waals surface area contributed by atoms with Crippen LogP contribution >= 0.6 is 0 Å². The van der Waals surface area contributed by atoms with Crippen LogP contribution in [0.25, 0.3) is 0 Å². The van der Waals surface area contributed by atoms with Crippen molar-refractivity contribution in [2.45, 2.75) is 24.3 Å². The normalized spacial score (nSPS) is 21.7. The van der Waals surface area contributed by atoms with Crippen molar-refractivity contribution in [3.8, 4) is 0 Å². The molecule has 0 saturated carbocycles. The molecule has 0 bridgehead atoms. The van der Waals surface area contributed by atoms with E-state index >= 15 is 0 Å². The SMILES string of the molecule is CCN1CCN(S(=O)(=O)c2ccc(NC(=O)CN3C(=O)NC(C)(c4ccccc4)C3=O)cc2)CC1. The number of nitrogens with zero attached hydrogens (tertiary/aromatic N) is 3. The van der Waals surface area contributed by atoms with Gasteiger partial charge in [0.15, 0.2) is 0 Å². The highest BCUT2D eigenvalue weighted by atomic mass is 32.2. The first-order valence-electron chi connectivity index (χ1n) is 11.5. The number of amides is 4. The average Bonchev–Trinajstić information content (AvgIpc) is 3.08. The average molecular weight is 500 g/mol. The molecule has 0 radical (unpaired) electrons. The molecule has 10 nitrogen and oxygen atoms in total. The van der Waals surface area contributed by atoms with Gasteiger partial charge < -0.3 is 15.5 Å². The molecule has 1 unspecified atom stereocenters. The van der Waals surface area contributed by atoms with Crippen molar-refractivity contribution in [1.82, 2.24) is 19.4 Å². The van der Waals surface area contributed by atoms with E-state index in [4.69, 9.17) is 0 Å². The lowest BCUT2D eigenvalue weighted by Gasteiger charge is -2.33. The maximum absolute atomic E-state index is 13.0. The Bertz CT molecular complexity index is 1210. The van der Waals surface area contributed by atoms with Gasteiger partial charge in [0, 0.05) is 31.9 Å². The molecule has 11 heteroatoms.